The number of sulfone groups is 1. The quantitative estimate of drug-likeness (QED) is 0.349. The van der Waals surface area contributed by atoms with E-state index in [9.17, 15) is 13.5 Å². The van der Waals surface area contributed by atoms with Crippen LogP contribution in [0.3, 0.4) is 0 Å². The maximum Gasteiger partial charge on any atom is 0.155 e. The van der Waals surface area contributed by atoms with E-state index in [4.69, 9.17) is 11.6 Å². The molecule has 0 aromatic heterocycles. The molecule has 0 unspecified atom stereocenters. The van der Waals surface area contributed by atoms with Gasteiger partial charge in [-0.25, -0.2) is 8.42 Å². The number of hydrogen-bond donors (Lipinski definition) is 1. The van der Waals surface area contributed by atoms with E-state index in [2.05, 4.69) is 30.0 Å². The Kier molecular flexibility index (Phi) is 9.33. The Hall–Kier alpha value is -1.56. The van der Waals surface area contributed by atoms with Gasteiger partial charge in [-0.15, -0.1) is 0 Å². The van der Waals surface area contributed by atoms with Crippen molar-refractivity contribution in [2.24, 2.45) is 0 Å². The zero-order valence-electron chi connectivity index (χ0n) is 21.8. The Labute approximate surface area is 217 Å². The van der Waals surface area contributed by atoms with Crippen molar-refractivity contribution >= 4 is 27.1 Å². The van der Waals surface area contributed by atoms with Crippen LogP contribution in [0.4, 0.5) is 5.69 Å². The van der Waals surface area contributed by atoms with Crippen LogP contribution in [0, 0.1) is 6.92 Å². The first-order chi connectivity index (χ1) is 16.4. The van der Waals surface area contributed by atoms with E-state index in [1.54, 1.807) is 20.8 Å². The Balaban J connectivity index is 1.42. The topological polar surface area (TPSA) is 57.6 Å². The van der Waals surface area contributed by atoms with Gasteiger partial charge in [-0.2, -0.15) is 0 Å². The van der Waals surface area contributed by atoms with Crippen LogP contribution in [0.2, 0.25) is 5.02 Å². The Morgan fingerprint density at radius 1 is 0.943 bits per heavy atom. The van der Waals surface area contributed by atoms with E-state index in [0.29, 0.717) is 23.6 Å². The van der Waals surface area contributed by atoms with Crippen LogP contribution < -0.4 is 4.90 Å². The number of nitrogens with zero attached hydrogens (tertiary/aromatic N) is 1. The van der Waals surface area contributed by atoms with Gasteiger partial charge in [0, 0.05) is 23.8 Å². The monoisotopic (exact) mass is 519 g/mol. The van der Waals surface area contributed by atoms with Crippen molar-refractivity contribution in [2.75, 3.05) is 23.7 Å². The van der Waals surface area contributed by atoms with E-state index in [-0.39, 0.29) is 0 Å². The van der Waals surface area contributed by atoms with Crippen molar-refractivity contribution < 1.29 is 13.5 Å². The molecule has 4 nitrogen and oxygen atoms in total. The van der Waals surface area contributed by atoms with Crippen molar-refractivity contribution in [1.82, 2.24) is 0 Å². The van der Waals surface area contributed by atoms with Crippen LogP contribution in [-0.2, 0) is 21.9 Å². The van der Waals surface area contributed by atoms with Gasteiger partial charge in [0.1, 0.15) is 0 Å². The maximum atomic E-state index is 12.2. The SMILES string of the molecule is Cc1cc(CCCCCCCS(=O)(=O)C(C)(C)C)ccc1N1CCC(O)(c2ccc(Cl)cc2)CC1. The number of halogens is 1. The highest BCUT2D eigenvalue weighted by Crippen LogP contribution is 2.36. The summed E-state index contributed by atoms with van der Waals surface area (Å²) in [4.78, 5) is 2.38. The first kappa shape index (κ1) is 28.0. The number of anilines is 1. The smallest absolute Gasteiger partial charge is 0.155 e. The molecule has 0 atom stereocenters. The molecule has 35 heavy (non-hydrogen) atoms. The molecular weight excluding hydrogens is 478 g/mol. The molecule has 2 aromatic carbocycles. The molecule has 1 fully saturated rings. The molecule has 0 amide bonds. The second-order valence-electron chi connectivity index (χ2n) is 11.1. The summed E-state index contributed by atoms with van der Waals surface area (Å²) in [6.45, 7) is 9.16. The van der Waals surface area contributed by atoms with Crippen molar-refractivity contribution in [3.63, 3.8) is 0 Å². The Morgan fingerprint density at radius 2 is 1.54 bits per heavy atom. The van der Waals surface area contributed by atoms with E-state index in [1.165, 1.54) is 16.8 Å². The van der Waals surface area contributed by atoms with E-state index in [0.717, 1.165) is 57.2 Å². The predicted octanol–water partition coefficient (Wildman–Crippen LogP) is 6.84. The molecule has 194 valence electrons. The predicted molar refractivity (Wildman–Crippen MR) is 148 cm³/mol. The van der Waals surface area contributed by atoms with Crippen molar-refractivity contribution in [3.8, 4) is 0 Å². The van der Waals surface area contributed by atoms with Gasteiger partial charge in [0.25, 0.3) is 0 Å². The van der Waals surface area contributed by atoms with Crippen LogP contribution in [-0.4, -0.2) is 37.1 Å². The lowest BCUT2D eigenvalue weighted by molar-refractivity contribution is 0.0117. The fraction of sp³-hybridized carbons (Fsp3) is 0.586. The lowest BCUT2D eigenvalue weighted by Gasteiger charge is -2.40. The molecule has 6 heteroatoms. The molecule has 1 aliphatic rings. The minimum atomic E-state index is -3.00. The summed E-state index contributed by atoms with van der Waals surface area (Å²) in [5.74, 6) is 0.296. The van der Waals surface area contributed by atoms with Crippen LogP contribution in [0.5, 0.6) is 0 Å². The normalized spacial score (nSPS) is 16.5. The number of unbranched alkanes of at least 4 members (excludes halogenated alkanes) is 4. The van der Waals surface area contributed by atoms with Gasteiger partial charge in [0.05, 0.1) is 16.1 Å². The highest BCUT2D eigenvalue weighted by molar-refractivity contribution is 7.92. The summed E-state index contributed by atoms with van der Waals surface area (Å²) >= 11 is 6.01. The second kappa shape index (κ2) is 11.7. The van der Waals surface area contributed by atoms with Gasteiger partial charge in [0.15, 0.2) is 9.84 Å². The average molecular weight is 520 g/mol. The molecule has 1 heterocycles. The molecule has 1 aliphatic heterocycles. The van der Waals surface area contributed by atoms with Crippen LogP contribution >= 0.6 is 11.6 Å². The van der Waals surface area contributed by atoms with E-state index in [1.807, 2.05) is 24.3 Å². The molecule has 0 aliphatic carbocycles. The third-order valence-electron chi connectivity index (χ3n) is 7.39. The standard InChI is InChI=1S/C29H42ClNO3S/c1-23-22-24(10-8-6-5-7-9-21-35(33,34)28(2,3)4)11-16-27(23)31-19-17-29(32,18-20-31)25-12-14-26(30)15-13-25/h11-16,22,32H,5-10,17-21H2,1-4H3. The van der Waals surface area contributed by atoms with Crippen LogP contribution in [0.1, 0.15) is 82.4 Å². The van der Waals surface area contributed by atoms with Crippen LogP contribution in [0.15, 0.2) is 42.5 Å². The lowest BCUT2D eigenvalue weighted by atomic mass is 9.84. The number of rotatable bonds is 10. The van der Waals surface area contributed by atoms with Gasteiger partial charge < -0.3 is 10.0 Å². The first-order valence-corrected chi connectivity index (χ1v) is 15.0. The van der Waals surface area contributed by atoms with Crippen molar-refractivity contribution in [1.29, 1.82) is 0 Å². The average Bonchev–Trinajstić information content (AvgIpc) is 2.79. The number of aliphatic hydroxyl groups is 1. The molecule has 3 rings (SSSR count). The number of aryl methyl sites for hydroxylation is 2. The molecule has 1 saturated heterocycles. The minimum Gasteiger partial charge on any atom is -0.385 e. The zero-order valence-corrected chi connectivity index (χ0v) is 23.4. The number of piperidine rings is 1. The third kappa shape index (κ3) is 7.47. The lowest BCUT2D eigenvalue weighted by Crippen LogP contribution is -2.42. The molecule has 0 bridgehead atoms. The van der Waals surface area contributed by atoms with Gasteiger partial charge in [0.2, 0.25) is 0 Å². The Bertz CT molecular complexity index is 1070. The maximum absolute atomic E-state index is 12.2. The van der Waals surface area contributed by atoms with Gasteiger partial charge in [-0.1, -0.05) is 55.1 Å². The first-order valence-electron chi connectivity index (χ1n) is 13.0. The fourth-order valence-electron chi connectivity index (χ4n) is 4.85. The minimum absolute atomic E-state index is 0.296. The van der Waals surface area contributed by atoms with Crippen molar-refractivity contribution in [3.05, 3.63) is 64.2 Å². The molecule has 0 spiro atoms. The number of benzene rings is 2. The Morgan fingerprint density at radius 3 is 2.14 bits per heavy atom. The summed E-state index contributed by atoms with van der Waals surface area (Å²) in [5, 5.41) is 11.9. The van der Waals surface area contributed by atoms with Gasteiger partial charge in [-0.05, 0) is 94.7 Å². The zero-order chi connectivity index (χ0) is 25.7. The van der Waals surface area contributed by atoms with Gasteiger partial charge >= 0.3 is 0 Å². The molecule has 1 N–H and O–H groups in total. The molecule has 0 saturated carbocycles. The van der Waals surface area contributed by atoms with Gasteiger partial charge in [-0.3, -0.25) is 0 Å². The van der Waals surface area contributed by atoms with E-state index < -0.39 is 20.2 Å². The summed E-state index contributed by atoms with van der Waals surface area (Å²) in [5.41, 5.74) is 4.06. The summed E-state index contributed by atoms with van der Waals surface area (Å²) in [6.07, 6.45) is 7.54. The summed E-state index contributed by atoms with van der Waals surface area (Å²) in [6, 6.07) is 14.3. The molecule has 0 radical (unpaired) electrons. The summed E-state index contributed by atoms with van der Waals surface area (Å²) < 4.78 is 23.7. The highest BCUT2D eigenvalue weighted by atomic mass is 35.5. The molecule has 2 aromatic rings. The second-order valence-corrected chi connectivity index (χ2v) is 14.4. The third-order valence-corrected chi connectivity index (χ3v) is 10.3. The fourth-order valence-corrected chi connectivity index (χ4v) is 6.17. The molecular formula is C29H42ClNO3S. The summed E-state index contributed by atoms with van der Waals surface area (Å²) in [7, 11) is -3.00. The van der Waals surface area contributed by atoms with E-state index >= 15 is 0 Å². The largest absolute Gasteiger partial charge is 0.385 e. The highest BCUT2D eigenvalue weighted by Gasteiger charge is 2.34. The van der Waals surface area contributed by atoms with Crippen molar-refractivity contribution in [2.45, 2.75) is 89.4 Å². The van der Waals surface area contributed by atoms with Crippen LogP contribution in [0.25, 0.3) is 0 Å². The number of hydrogen-bond acceptors (Lipinski definition) is 4.